The zero-order valence-corrected chi connectivity index (χ0v) is 9.87. The molecule has 0 radical (unpaired) electrons. The molecule has 0 atom stereocenters. The monoisotopic (exact) mass is 291 g/mol. The summed E-state index contributed by atoms with van der Waals surface area (Å²) in [6, 6.07) is 8.23. The van der Waals surface area contributed by atoms with E-state index in [1.165, 1.54) is 9.26 Å². The molecule has 3 heteroatoms. The quantitative estimate of drug-likeness (QED) is 0.665. The molecule has 13 heavy (non-hydrogen) atoms. The third-order valence-electron chi connectivity index (χ3n) is 1.64. The minimum atomic E-state index is 0.765. The Morgan fingerprint density at radius 3 is 2.85 bits per heavy atom. The molecule has 0 heterocycles. The van der Waals surface area contributed by atoms with E-state index in [0.717, 1.165) is 19.8 Å². The standard InChI is InChI=1S/C10H14INO/c1-2-13-8-7-12-10-6-4-3-5-9(10)11/h3-6,12H,2,7-8H2,1H3. The first kappa shape index (κ1) is 10.8. The van der Waals surface area contributed by atoms with E-state index in [1.54, 1.807) is 0 Å². The van der Waals surface area contributed by atoms with Gasteiger partial charge in [-0.25, -0.2) is 0 Å². The van der Waals surface area contributed by atoms with E-state index >= 15 is 0 Å². The van der Waals surface area contributed by atoms with Gasteiger partial charge in [-0.15, -0.1) is 0 Å². The summed E-state index contributed by atoms with van der Waals surface area (Å²) in [6.45, 7) is 4.43. The summed E-state index contributed by atoms with van der Waals surface area (Å²) in [6.07, 6.45) is 0. The van der Waals surface area contributed by atoms with Crippen LogP contribution in [0.3, 0.4) is 0 Å². The van der Waals surface area contributed by atoms with Gasteiger partial charge in [0.15, 0.2) is 0 Å². The smallest absolute Gasteiger partial charge is 0.0638 e. The molecule has 0 aromatic heterocycles. The summed E-state index contributed by atoms with van der Waals surface area (Å²) in [5.74, 6) is 0. The van der Waals surface area contributed by atoms with Crippen molar-refractivity contribution in [2.24, 2.45) is 0 Å². The highest BCUT2D eigenvalue weighted by molar-refractivity contribution is 14.1. The maximum atomic E-state index is 5.23. The Bertz CT molecular complexity index is 252. The van der Waals surface area contributed by atoms with Crippen molar-refractivity contribution in [2.75, 3.05) is 25.1 Å². The summed E-state index contributed by atoms with van der Waals surface area (Å²) in [5, 5.41) is 3.32. The molecular weight excluding hydrogens is 277 g/mol. The Hall–Kier alpha value is -0.290. The van der Waals surface area contributed by atoms with Crippen LogP contribution in [0.4, 0.5) is 5.69 Å². The third kappa shape index (κ3) is 3.95. The van der Waals surface area contributed by atoms with Crippen LogP contribution in [0.1, 0.15) is 6.92 Å². The number of hydrogen-bond acceptors (Lipinski definition) is 2. The van der Waals surface area contributed by atoms with Crippen LogP contribution in [0.25, 0.3) is 0 Å². The van der Waals surface area contributed by atoms with Gasteiger partial charge in [-0.1, -0.05) is 12.1 Å². The number of para-hydroxylation sites is 1. The van der Waals surface area contributed by atoms with Crippen LogP contribution >= 0.6 is 22.6 Å². The van der Waals surface area contributed by atoms with Crippen LogP contribution in [-0.4, -0.2) is 19.8 Å². The Morgan fingerprint density at radius 2 is 2.15 bits per heavy atom. The molecular formula is C10H14INO. The molecule has 0 aliphatic carbocycles. The lowest BCUT2D eigenvalue weighted by Gasteiger charge is -2.07. The number of nitrogens with one attached hydrogen (secondary N) is 1. The van der Waals surface area contributed by atoms with Gasteiger partial charge in [0.05, 0.1) is 6.61 Å². The van der Waals surface area contributed by atoms with Gasteiger partial charge in [0.1, 0.15) is 0 Å². The second-order valence-corrected chi connectivity index (χ2v) is 3.77. The lowest BCUT2D eigenvalue weighted by molar-refractivity contribution is 0.158. The van der Waals surface area contributed by atoms with Crippen molar-refractivity contribution in [3.63, 3.8) is 0 Å². The molecule has 1 aromatic rings. The SMILES string of the molecule is CCOCCNc1ccccc1I. The van der Waals surface area contributed by atoms with Crippen molar-refractivity contribution in [3.8, 4) is 0 Å². The maximum Gasteiger partial charge on any atom is 0.0638 e. The molecule has 0 aliphatic heterocycles. The molecule has 0 amide bonds. The highest BCUT2D eigenvalue weighted by atomic mass is 127. The lowest BCUT2D eigenvalue weighted by Crippen LogP contribution is -2.09. The van der Waals surface area contributed by atoms with Crippen LogP contribution in [0.5, 0.6) is 0 Å². The van der Waals surface area contributed by atoms with Crippen LogP contribution in [0, 0.1) is 3.57 Å². The number of rotatable bonds is 5. The highest BCUT2D eigenvalue weighted by Gasteiger charge is 1.95. The van der Waals surface area contributed by atoms with Crippen LogP contribution < -0.4 is 5.32 Å². The van der Waals surface area contributed by atoms with E-state index in [4.69, 9.17) is 4.74 Å². The molecule has 0 fully saturated rings. The number of anilines is 1. The topological polar surface area (TPSA) is 21.3 Å². The minimum absolute atomic E-state index is 0.765. The average Bonchev–Trinajstić information content (AvgIpc) is 2.15. The van der Waals surface area contributed by atoms with Gasteiger partial charge < -0.3 is 10.1 Å². The fraction of sp³-hybridized carbons (Fsp3) is 0.400. The molecule has 1 aromatic carbocycles. The van der Waals surface area contributed by atoms with Gasteiger partial charge in [-0.3, -0.25) is 0 Å². The Kier molecular flexibility index (Phi) is 5.15. The summed E-state index contributed by atoms with van der Waals surface area (Å²) in [4.78, 5) is 0. The molecule has 1 rings (SSSR count). The Morgan fingerprint density at radius 1 is 1.38 bits per heavy atom. The summed E-state index contributed by atoms with van der Waals surface area (Å²) >= 11 is 2.32. The molecule has 0 saturated heterocycles. The predicted molar refractivity (Wildman–Crippen MR) is 64.1 cm³/mol. The number of hydrogen-bond donors (Lipinski definition) is 1. The minimum Gasteiger partial charge on any atom is -0.382 e. The lowest BCUT2D eigenvalue weighted by atomic mass is 10.3. The van der Waals surface area contributed by atoms with E-state index in [2.05, 4.69) is 40.0 Å². The summed E-state index contributed by atoms with van der Waals surface area (Å²) in [5.41, 5.74) is 1.18. The number of ether oxygens (including phenoxy) is 1. The molecule has 0 aliphatic rings. The first-order chi connectivity index (χ1) is 6.34. The first-order valence-electron chi connectivity index (χ1n) is 4.40. The van der Waals surface area contributed by atoms with Gasteiger partial charge in [-0.2, -0.15) is 0 Å². The van der Waals surface area contributed by atoms with Gasteiger partial charge in [0, 0.05) is 22.4 Å². The molecule has 72 valence electrons. The second-order valence-electron chi connectivity index (χ2n) is 2.60. The summed E-state index contributed by atoms with van der Waals surface area (Å²) < 4.78 is 6.48. The molecule has 1 N–H and O–H groups in total. The van der Waals surface area contributed by atoms with E-state index in [9.17, 15) is 0 Å². The van der Waals surface area contributed by atoms with Crippen LogP contribution in [0.15, 0.2) is 24.3 Å². The molecule has 0 saturated carbocycles. The van der Waals surface area contributed by atoms with Crippen molar-refractivity contribution in [1.82, 2.24) is 0 Å². The van der Waals surface area contributed by atoms with Crippen molar-refractivity contribution < 1.29 is 4.74 Å². The van der Waals surface area contributed by atoms with Crippen molar-refractivity contribution in [1.29, 1.82) is 0 Å². The van der Waals surface area contributed by atoms with E-state index < -0.39 is 0 Å². The Balaban J connectivity index is 2.32. The molecule has 2 nitrogen and oxygen atoms in total. The van der Waals surface area contributed by atoms with Gasteiger partial charge in [0.2, 0.25) is 0 Å². The molecule has 0 unspecified atom stereocenters. The number of halogens is 1. The second kappa shape index (κ2) is 6.21. The maximum absolute atomic E-state index is 5.23. The predicted octanol–water partition coefficient (Wildman–Crippen LogP) is 2.74. The van der Waals surface area contributed by atoms with Gasteiger partial charge >= 0.3 is 0 Å². The average molecular weight is 291 g/mol. The zero-order chi connectivity index (χ0) is 9.52. The highest BCUT2D eigenvalue weighted by Crippen LogP contribution is 2.16. The molecule has 0 spiro atoms. The van der Waals surface area contributed by atoms with E-state index in [-0.39, 0.29) is 0 Å². The fourth-order valence-electron chi connectivity index (χ4n) is 1.01. The van der Waals surface area contributed by atoms with Crippen LogP contribution in [0.2, 0.25) is 0 Å². The largest absolute Gasteiger partial charge is 0.382 e. The first-order valence-corrected chi connectivity index (χ1v) is 5.48. The normalized spacial score (nSPS) is 10.0. The Labute approximate surface area is 92.8 Å². The fourth-order valence-corrected chi connectivity index (χ4v) is 1.58. The number of benzene rings is 1. The third-order valence-corrected chi connectivity index (χ3v) is 2.58. The van der Waals surface area contributed by atoms with Gasteiger partial charge in [-0.05, 0) is 41.6 Å². The van der Waals surface area contributed by atoms with Crippen LogP contribution in [-0.2, 0) is 4.74 Å². The van der Waals surface area contributed by atoms with Gasteiger partial charge in [0.25, 0.3) is 0 Å². The summed E-state index contributed by atoms with van der Waals surface area (Å²) in [7, 11) is 0. The van der Waals surface area contributed by atoms with E-state index in [0.29, 0.717) is 0 Å². The van der Waals surface area contributed by atoms with Crippen molar-refractivity contribution in [3.05, 3.63) is 27.8 Å². The van der Waals surface area contributed by atoms with Crippen molar-refractivity contribution in [2.45, 2.75) is 6.92 Å². The zero-order valence-electron chi connectivity index (χ0n) is 7.72. The van der Waals surface area contributed by atoms with Crippen molar-refractivity contribution >= 4 is 28.3 Å². The van der Waals surface area contributed by atoms with E-state index in [1.807, 2.05) is 19.1 Å². The molecule has 0 bridgehead atoms.